The van der Waals surface area contributed by atoms with E-state index < -0.39 is 23.7 Å². The molecule has 6 heteroatoms. The predicted octanol–water partition coefficient (Wildman–Crippen LogP) is 3.51. The van der Waals surface area contributed by atoms with Gasteiger partial charge in [0, 0.05) is 5.02 Å². The summed E-state index contributed by atoms with van der Waals surface area (Å²) in [5, 5.41) is 10.5. The highest BCUT2D eigenvalue weighted by Gasteiger charge is 2.41. The highest BCUT2D eigenvalue weighted by atomic mass is 35.5. The fraction of sp³-hybridized carbons (Fsp3) is 0.250. The fourth-order valence-electron chi connectivity index (χ4n) is 0.916. The third-order valence-corrected chi connectivity index (χ3v) is 1.70. The molecule has 1 rings (SSSR count). The summed E-state index contributed by atoms with van der Waals surface area (Å²) < 4.78 is 48.3. The molecule has 1 unspecified atom stereocenters. The number of alkyl halides is 3. The molecule has 0 heterocycles. The molecule has 1 aromatic rings. The molecule has 1 atom stereocenters. The van der Waals surface area contributed by atoms with Crippen molar-refractivity contribution in [2.75, 3.05) is 0 Å². The smallest absolute Gasteiger partial charge is 0.218 e. The van der Waals surface area contributed by atoms with Gasteiger partial charge in [-0.05, 0) is 23.8 Å². The van der Waals surface area contributed by atoms with Crippen LogP contribution in [0, 0.1) is 5.82 Å². The van der Waals surface area contributed by atoms with Gasteiger partial charge in [0.25, 0.3) is 0 Å². The molecule has 0 aliphatic rings. The van der Waals surface area contributed by atoms with E-state index in [0.29, 0.717) is 6.07 Å². The molecule has 0 aromatic heterocycles. The molecule has 0 fully saturated rings. The van der Waals surface area contributed by atoms with Crippen molar-refractivity contribution < 1.29 is 22.7 Å². The molecule has 0 bridgehead atoms. The van der Waals surface area contributed by atoms with Crippen molar-refractivity contribution in [2.45, 2.75) is 12.3 Å². The Labute approximate surface area is 81.9 Å². The molecular formula is C8H4ClF4O. The number of halogens is 5. The topological polar surface area (TPSA) is 19.9 Å². The highest BCUT2D eigenvalue weighted by Crippen LogP contribution is 2.34. The summed E-state index contributed by atoms with van der Waals surface area (Å²) in [5.74, 6) is -0.961. The third kappa shape index (κ3) is 2.59. The van der Waals surface area contributed by atoms with Gasteiger partial charge in [-0.1, -0.05) is 11.6 Å². The van der Waals surface area contributed by atoms with E-state index in [4.69, 9.17) is 11.6 Å². The van der Waals surface area contributed by atoms with Crippen molar-refractivity contribution in [1.29, 1.82) is 0 Å². The average Bonchev–Trinajstić information content (AvgIpc) is 1.99. The Morgan fingerprint density at radius 2 is 1.79 bits per heavy atom. The van der Waals surface area contributed by atoms with Crippen LogP contribution in [0.4, 0.5) is 17.6 Å². The molecule has 0 amide bonds. The van der Waals surface area contributed by atoms with Crippen LogP contribution in [0.25, 0.3) is 0 Å². The summed E-state index contributed by atoms with van der Waals surface area (Å²) in [4.78, 5) is 0. The van der Waals surface area contributed by atoms with Crippen LogP contribution < -0.4 is 0 Å². The second-order valence-corrected chi connectivity index (χ2v) is 3.06. The molecule has 0 N–H and O–H groups in total. The van der Waals surface area contributed by atoms with Crippen LogP contribution in [0.3, 0.4) is 0 Å². The highest BCUT2D eigenvalue weighted by molar-refractivity contribution is 6.30. The second-order valence-electron chi connectivity index (χ2n) is 2.62. The van der Waals surface area contributed by atoms with Crippen LogP contribution >= 0.6 is 11.6 Å². The molecule has 0 aliphatic heterocycles. The Balaban J connectivity index is 3.07. The Morgan fingerprint density at radius 1 is 1.21 bits per heavy atom. The van der Waals surface area contributed by atoms with Gasteiger partial charge in [-0.2, -0.15) is 13.2 Å². The molecule has 0 saturated carbocycles. The Hall–Kier alpha value is -0.810. The monoisotopic (exact) mass is 227 g/mol. The third-order valence-electron chi connectivity index (χ3n) is 1.48. The molecule has 14 heavy (non-hydrogen) atoms. The second kappa shape index (κ2) is 3.74. The Morgan fingerprint density at radius 3 is 2.21 bits per heavy atom. The van der Waals surface area contributed by atoms with Gasteiger partial charge in [0.1, 0.15) is 5.82 Å². The first-order valence-corrected chi connectivity index (χ1v) is 3.87. The van der Waals surface area contributed by atoms with Crippen LogP contribution in [-0.4, -0.2) is 6.18 Å². The summed E-state index contributed by atoms with van der Waals surface area (Å²) in [6.45, 7) is 0. The maximum absolute atomic E-state index is 12.6. The molecule has 0 saturated heterocycles. The molecule has 0 spiro atoms. The maximum Gasteiger partial charge on any atom is 0.422 e. The van der Waals surface area contributed by atoms with Crippen LogP contribution in [-0.2, 0) is 5.11 Å². The van der Waals surface area contributed by atoms with E-state index >= 15 is 0 Å². The van der Waals surface area contributed by atoms with E-state index in [2.05, 4.69) is 0 Å². The van der Waals surface area contributed by atoms with Crippen molar-refractivity contribution >= 4 is 11.6 Å². The standard InChI is InChI=1S/C8H4ClF4O/c9-5-1-4(2-6(10)3-5)7(14)8(11,12)13/h1-3,7H. The van der Waals surface area contributed by atoms with Crippen molar-refractivity contribution in [3.63, 3.8) is 0 Å². The molecule has 77 valence electrons. The zero-order valence-electron chi connectivity index (χ0n) is 6.61. The molecule has 1 radical (unpaired) electrons. The first kappa shape index (κ1) is 11.3. The zero-order valence-corrected chi connectivity index (χ0v) is 7.36. The largest absolute Gasteiger partial charge is 0.422 e. The van der Waals surface area contributed by atoms with Crippen molar-refractivity contribution in [3.8, 4) is 0 Å². The van der Waals surface area contributed by atoms with Gasteiger partial charge < -0.3 is 0 Å². The van der Waals surface area contributed by atoms with Gasteiger partial charge in [0.15, 0.2) is 0 Å². The lowest BCUT2D eigenvalue weighted by Gasteiger charge is -2.12. The Bertz CT molecular complexity index is 316. The zero-order chi connectivity index (χ0) is 10.9. The lowest BCUT2D eigenvalue weighted by atomic mass is 10.1. The quantitative estimate of drug-likeness (QED) is 0.655. The van der Waals surface area contributed by atoms with Crippen molar-refractivity contribution in [3.05, 3.63) is 34.6 Å². The van der Waals surface area contributed by atoms with Gasteiger partial charge in [-0.3, -0.25) is 0 Å². The number of rotatable bonds is 1. The predicted molar refractivity (Wildman–Crippen MR) is 40.9 cm³/mol. The van der Waals surface area contributed by atoms with Crippen LogP contribution in [0.2, 0.25) is 5.02 Å². The summed E-state index contributed by atoms with van der Waals surface area (Å²) in [7, 11) is 0. The normalized spacial score (nSPS) is 14.1. The minimum Gasteiger partial charge on any atom is -0.218 e. The summed E-state index contributed by atoms with van der Waals surface area (Å²) in [5.41, 5.74) is -0.720. The van der Waals surface area contributed by atoms with E-state index in [1.807, 2.05) is 0 Å². The van der Waals surface area contributed by atoms with E-state index in [-0.39, 0.29) is 5.02 Å². The molecular weight excluding hydrogens is 224 g/mol. The van der Waals surface area contributed by atoms with Crippen LogP contribution in [0.1, 0.15) is 11.7 Å². The van der Waals surface area contributed by atoms with Crippen molar-refractivity contribution in [1.82, 2.24) is 0 Å². The summed E-state index contributed by atoms with van der Waals surface area (Å²) >= 11 is 5.30. The van der Waals surface area contributed by atoms with Gasteiger partial charge in [-0.25, -0.2) is 9.50 Å². The minimum atomic E-state index is -4.93. The number of hydrogen-bond acceptors (Lipinski definition) is 0. The van der Waals surface area contributed by atoms with E-state index in [1.165, 1.54) is 0 Å². The first-order valence-electron chi connectivity index (χ1n) is 3.49. The molecule has 1 aromatic carbocycles. The number of benzene rings is 1. The molecule has 1 nitrogen and oxygen atoms in total. The number of hydrogen-bond donors (Lipinski definition) is 0. The lowest BCUT2D eigenvalue weighted by Crippen LogP contribution is -2.19. The van der Waals surface area contributed by atoms with Gasteiger partial charge in [-0.15, -0.1) is 0 Å². The fourth-order valence-corrected chi connectivity index (χ4v) is 1.15. The van der Waals surface area contributed by atoms with Gasteiger partial charge in [0.2, 0.25) is 6.10 Å². The van der Waals surface area contributed by atoms with E-state index in [1.54, 1.807) is 0 Å². The van der Waals surface area contributed by atoms with E-state index in [0.717, 1.165) is 12.1 Å². The average molecular weight is 228 g/mol. The van der Waals surface area contributed by atoms with E-state index in [9.17, 15) is 22.7 Å². The van der Waals surface area contributed by atoms with Crippen LogP contribution in [0.5, 0.6) is 0 Å². The Kier molecular flexibility index (Phi) is 3.01. The van der Waals surface area contributed by atoms with Crippen LogP contribution in [0.15, 0.2) is 18.2 Å². The summed E-state index contributed by atoms with van der Waals surface area (Å²) in [6, 6.07) is 2.15. The van der Waals surface area contributed by atoms with Gasteiger partial charge in [0.05, 0.1) is 0 Å². The SMILES string of the molecule is [O]C(c1cc(F)cc(Cl)c1)C(F)(F)F. The molecule has 0 aliphatic carbocycles. The van der Waals surface area contributed by atoms with Gasteiger partial charge >= 0.3 is 6.18 Å². The lowest BCUT2D eigenvalue weighted by molar-refractivity contribution is -0.225. The summed E-state index contributed by atoms with van der Waals surface area (Å²) in [6.07, 6.45) is -7.90. The van der Waals surface area contributed by atoms with Crippen molar-refractivity contribution in [2.24, 2.45) is 0 Å². The maximum atomic E-state index is 12.6. The first-order chi connectivity index (χ1) is 6.30. The minimum absolute atomic E-state index is 0.231.